The van der Waals surface area contributed by atoms with E-state index in [1.54, 1.807) is 0 Å². The van der Waals surface area contributed by atoms with E-state index in [1.165, 1.54) is 6.33 Å². The van der Waals surface area contributed by atoms with E-state index in [1.807, 2.05) is 0 Å². The number of nitrogens with zero attached hydrogens (tertiary/aromatic N) is 3. The van der Waals surface area contributed by atoms with Crippen molar-refractivity contribution in [2.75, 3.05) is 19.6 Å². The molecule has 0 aliphatic carbocycles. The van der Waals surface area contributed by atoms with Crippen molar-refractivity contribution in [3.63, 3.8) is 0 Å². The normalized spacial score (nSPS) is 31.5. The molecule has 2 unspecified atom stereocenters. The number of piperidine rings is 1. The molecule has 7 nitrogen and oxygen atoms in total. The van der Waals surface area contributed by atoms with Gasteiger partial charge in [0.25, 0.3) is 0 Å². The third-order valence-electron chi connectivity index (χ3n) is 4.65. The maximum atomic E-state index is 12.3. The number of amides is 1. The van der Waals surface area contributed by atoms with Crippen molar-refractivity contribution in [3.05, 3.63) is 12.2 Å². The first-order valence-electron chi connectivity index (χ1n) is 7.34. The zero-order valence-corrected chi connectivity index (χ0v) is 11.6. The fourth-order valence-corrected chi connectivity index (χ4v) is 3.63. The molecule has 7 heteroatoms. The molecular weight excluding hydrogens is 256 g/mol. The zero-order valence-electron chi connectivity index (χ0n) is 11.6. The van der Waals surface area contributed by atoms with Crippen LogP contribution in [0.2, 0.25) is 0 Å². The number of H-pyrrole nitrogens is 1. The molecular formula is C13H22N6O. The second kappa shape index (κ2) is 5.49. The fraction of sp³-hybridized carbons (Fsp3) is 0.769. The van der Waals surface area contributed by atoms with Gasteiger partial charge in [0.2, 0.25) is 5.91 Å². The predicted molar refractivity (Wildman–Crippen MR) is 73.8 cm³/mol. The second-order valence-corrected chi connectivity index (χ2v) is 5.80. The first-order chi connectivity index (χ1) is 9.72. The summed E-state index contributed by atoms with van der Waals surface area (Å²) in [6.45, 7) is 2.88. The number of carbonyl (C=O) groups excluding carboxylic acids is 1. The summed E-state index contributed by atoms with van der Waals surface area (Å²) in [6, 6.07) is 0.394. The van der Waals surface area contributed by atoms with Crippen LogP contribution in [0.15, 0.2) is 6.33 Å². The number of hydrogen-bond acceptors (Lipinski definition) is 5. The van der Waals surface area contributed by atoms with Crippen LogP contribution in [0, 0.1) is 0 Å². The molecule has 4 N–H and O–H groups in total. The highest BCUT2D eigenvalue weighted by atomic mass is 16.1. The summed E-state index contributed by atoms with van der Waals surface area (Å²) in [4.78, 5) is 18.8. The van der Waals surface area contributed by atoms with E-state index in [-0.39, 0.29) is 5.91 Å². The fourth-order valence-electron chi connectivity index (χ4n) is 3.63. The van der Waals surface area contributed by atoms with Crippen molar-refractivity contribution < 1.29 is 4.79 Å². The Hall–Kier alpha value is -1.47. The molecule has 2 aliphatic heterocycles. The monoisotopic (exact) mass is 278 g/mol. The third-order valence-corrected chi connectivity index (χ3v) is 4.65. The van der Waals surface area contributed by atoms with E-state index >= 15 is 0 Å². The molecule has 1 aromatic rings. The van der Waals surface area contributed by atoms with Crippen LogP contribution in [0.1, 0.15) is 31.5 Å². The molecule has 2 atom stereocenters. The topological polar surface area (TPSA) is 99.9 Å². The smallest absolute Gasteiger partial charge is 0.238 e. The van der Waals surface area contributed by atoms with Gasteiger partial charge in [-0.3, -0.25) is 14.8 Å². The van der Waals surface area contributed by atoms with Crippen molar-refractivity contribution in [3.8, 4) is 0 Å². The van der Waals surface area contributed by atoms with Gasteiger partial charge >= 0.3 is 0 Å². The summed E-state index contributed by atoms with van der Waals surface area (Å²) in [5, 5.41) is 10.1. The highest BCUT2D eigenvalue weighted by Crippen LogP contribution is 2.34. The summed E-state index contributed by atoms with van der Waals surface area (Å²) in [7, 11) is 0. The van der Waals surface area contributed by atoms with Gasteiger partial charge in [-0.1, -0.05) is 0 Å². The van der Waals surface area contributed by atoms with Crippen LogP contribution in [-0.2, 0) is 11.2 Å². The summed E-state index contributed by atoms with van der Waals surface area (Å²) in [5.74, 6) is 0.502. The van der Waals surface area contributed by atoms with E-state index in [2.05, 4.69) is 25.4 Å². The first kappa shape index (κ1) is 13.5. The lowest BCUT2D eigenvalue weighted by Crippen LogP contribution is -2.64. The minimum Gasteiger partial charge on any atom is -0.368 e. The van der Waals surface area contributed by atoms with Gasteiger partial charge < -0.3 is 11.1 Å². The number of aromatic nitrogens is 3. The van der Waals surface area contributed by atoms with Gasteiger partial charge in [-0.15, -0.1) is 0 Å². The first-order valence-corrected chi connectivity index (χ1v) is 7.34. The standard InChI is InChI=1S/C13H22N6O/c14-12(20)13(7-11-16-9-17-18-11)4-1-2-6-19(13)10-3-5-15-8-10/h9-10,15H,1-8H2,(H2,14,20)(H,16,17,18). The zero-order chi connectivity index (χ0) is 14.0. The van der Waals surface area contributed by atoms with Gasteiger partial charge in [0.05, 0.1) is 0 Å². The van der Waals surface area contributed by atoms with Crippen LogP contribution in [-0.4, -0.2) is 57.2 Å². The van der Waals surface area contributed by atoms with E-state index < -0.39 is 5.54 Å². The Morgan fingerprint density at radius 3 is 3.10 bits per heavy atom. The van der Waals surface area contributed by atoms with Crippen LogP contribution in [0.25, 0.3) is 0 Å². The number of carbonyl (C=O) groups is 1. The average Bonchev–Trinajstić information content (AvgIpc) is 3.11. The number of nitrogens with one attached hydrogen (secondary N) is 2. The van der Waals surface area contributed by atoms with Crippen LogP contribution in [0.3, 0.4) is 0 Å². The molecule has 2 saturated heterocycles. The molecule has 3 heterocycles. The average molecular weight is 278 g/mol. The predicted octanol–water partition coefficient (Wildman–Crippen LogP) is -0.581. The Labute approximate surface area is 118 Å². The lowest BCUT2D eigenvalue weighted by atomic mass is 9.81. The minimum atomic E-state index is -0.617. The lowest BCUT2D eigenvalue weighted by molar-refractivity contribution is -0.135. The van der Waals surface area contributed by atoms with Crippen LogP contribution in [0.4, 0.5) is 0 Å². The van der Waals surface area contributed by atoms with E-state index in [0.29, 0.717) is 12.5 Å². The molecule has 0 saturated carbocycles. The summed E-state index contributed by atoms with van der Waals surface area (Å²) in [6.07, 6.45) is 6.05. The lowest BCUT2D eigenvalue weighted by Gasteiger charge is -2.47. The Morgan fingerprint density at radius 2 is 2.45 bits per heavy atom. The number of primary amides is 1. The van der Waals surface area contributed by atoms with E-state index in [9.17, 15) is 4.79 Å². The molecule has 2 aliphatic rings. The molecule has 3 rings (SSSR count). The summed E-state index contributed by atoms with van der Waals surface area (Å²) >= 11 is 0. The number of nitrogens with two attached hydrogens (primary N) is 1. The number of rotatable bonds is 4. The quantitative estimate of drug-likeness (QED) is 0.684. The van der Waals surface area contributed by atoms with Crippen molar-refractivity contribution in [1.82, 2.24) is 25.4 Å². The van der Waals surface area contributed by atoms with Crippen LogP contribution < -0.4 is 11.1 Å². The Bertz CT molecular complexity index is 455. The molecule has 2 fully saturated rings. The molecule has 0 radical (unpaired) electrons. The van der Waals surface area contributed by atoms with Crippen molar-refractivity contribution >= 4 is 5.91 Å². The molecule has 0 spiro atoms. The molecule has 20 heavy (non-hydrogen) atoms. The third kappa shape index (κ3) is 2.31. The maximum absolute atomic E-state index is 12.3. The van der Waals surface area contributed by atoms with E-state index in [0.717, 1.165) is 51.1 Å². The van der Waals surface area contributed by atoms with E-state index in [4.69, 9.17) is 5.73 Å². The second-order valence-electron chi connectivity index (χ2n) is 5.80. The van der Waals surface area contributed by atoms with Gasteiger partial charge in [0.1, 0.15) is 17.7 Å². The Balaban J connectivity index is 1.89. The molecule has 1 amide bonds. The maximum Gasteiger partial charge on any atom is 0.238 e. The molecule has 0 bridgehead atoms. The molecule has 1 aromatic heterocycles. The van der Waals surface area contributed by atoms with Crippen molar-refractivity contribution in [1.29, 1.82) is 0 Å². The van der Waals surface area contributed by atoms with Crippen LogP contribution >= 0.6 is 0 Å². The highest BCUT2D eigenvalue weighted by molar-refractivity contribution is 5.85. The van der Waals surface area contributed by atoms with Gasteiger partial charge in [0.15, 0.2) is 0 Å². The van der Waals surface area contributed by atoms with Gasteiger partial charge in [-0.05, 0) is 38.8 Å². The largest absolute Gasteiger partial charge is 0.368 e. The molecule has 0 aromatic carbocycles. The summed E-state index contributed by atoms with van der Waals surface area (Å²) in [5.41, 5.74) is 5.20. The Kier molecular flexibility index (Phi) is 3.71. The molecule has 110 valence electrons. The highest BCUT2D eigenvalue weighted by Gasteiger charge is 2.47. The summed E-state index contributed by atoms with van der Waals surface area (Å²) < 4.78 is 0. The van der Waals surface area contributed by atoms with Crippen molar-refractivity contribution in [2.45, 2.75) is 43.7 Å². The number of aromatic amines is 1. The van der Waals surface area contributed by atoms with Crippen LogP contribution in [0.5, 0.6) is 0 Å². The van der Waals surface area contributed by atoms with Gasteiger partial charge in [0, 0.05) is 19.0 Å². The minimum absolute atomic E-state index is 0.236. The SMILES string of the molecule is NC(=O)C1(Cc2ncn[nH]2)CCCCN1C1CCNC1. The number of likely N-dealkylation sites (tertiary alicyclic amines) is 1. The number of hydrogen-bond donors (Lipinski definition) is 3. The Morgan fingerprint density at radius 1 is 1.55 bits per heavy atom. The van der Waals surface area contributed by atoms with Gasteiger partial charge in [-0.2, -0.15) is 5.10 Å². The van der Waals surface area contributed by atoms with Gasteiger partial charge in [-0.25, -0.2) is 4.98 Å². The van der Waals surface area contributed by atoms with Crippen molar-refractivity contribution in [2.24, 2.45) is 5.73 Å².